The highest BCUT2D eigenvalue weighted by Gasteiger charge is 2.27. The van der Waals surface area contributed by atoms with E-state index >= 15 is 0 Å². The summed E-state index contributed by atoms with van der Waals surface area (Å²) in [5, 5.41) is 19.0. The summed E-state index contributed by atoms with van der Waals surface area (Å²) in [6.45, 7) is 3.40. The maximum atomic E-state index is 11.8. The molecule has 4 nitrogen and oxygen atoms in total. The van der Waals surface area contributed by atoms with Crippen molar-refractivity contribution in [3.63, 3.8) is 0 Å². The van der Waals surface area contributed by atoms with Crippen molar-refractivity contribution < 1.29 is 19.8 Å². The van der Waals surface area contributed by atoms with Gasteiger partial charge in [0.1, 0.15) is 0 Å². The van der Waals surface area contributed by atoms with Gasteiger partial charge in [-0.05, 0) is 41.7 Å². The Morgan fingerprint density at radius 1 is 0.955 bits per heavy atom. The Morgan fingerprint density at radius 3 is 1.95 bits per heavy atom. The molecule has 0 spiro atoms. The molecule has 0 aliphatic heterocycles. The molecule has 0 aliphatic rings. The van der Waals surface area contributed by atoms with E-state index in [2.05, 4.69) is 0 Å². The first kappa shape index (κ1) is 16.0. The zero-order valence-corrected chi connectivity index (χ0v) is 12.9. The SMILES string of the molecule is Cc1c(C)c(-c2ccccc2)c(C(=O)O)c(CCl)c1C(=O)O. The van der Waals surface area contributed by atoms with Gasteiger partial charge in [-0.1, -0.05) is 30.3 Å². The van der Waals surface area contributed by atoms with Gasteiger partial charge >= 0.3 is 11.9 Å². The second-order valence-corrected chi connectivity index (χ2v) is 5.23. The normalized spacial score (nSPS) is 10.5. The number of alkyl halides is 1. The molecule has 0 aliphatic carbocycles. The van der Waals surface area contributed by atoms with Crippen molar-refractivity contribution in [1.29, 1.82) is 0 Å². The molecule has 0 saturated carbocycles. The van der Waals surface area contributed by atoms with Gasteiger partial charge in [-0.15, -0.1) is 11.6 Å². The molecule has 0 amide bonds. The van der Waals surface area contributed by atoms with Crippen LogP contribution in [0, 0.1) is 13.8 Å². The maximum Gasteiger partial charge on any atom is 0.336 e. The molecule has 0 aromatic heterocycles. The lowest BCUT2D eigenvalue weighted by Gasteiger charge is -2.19. The maximum absolute atomic E-state index is 11.8. The zero-order chi connectivity index (χ0) is 16.4. The van der Waals surface area contributed by atoms with Crippen molar-refractivity contribution in [3.8, 4) is 11.1 Å². The standard InChI is InChI=1S/C17H15ClO4/c1-9-10(2)14(16(19)20)12(8-18)15(17(21)22)13(9)11-6-4-3-5-7-11/h3-7H,8H2,1-2H3,(H,19,20)(H,21,22). The summed E-state index contributed by atoms with van der Waals surface area (Å²) in [5.74, 6) is -2.53. The van der Waals surface area contributed by atoms with E-state index in [0.29, 0.717) is 16.7 Å². The second-order valence-electron chi connectivity index (χ2n) is 4.96. The Kier molecular flexibility index (Phi) is 4.52. The van der Waals surface area contributed by atoms with Crippen LogP contribution in [0.4, 0.5) is 0 Å². The van der Waals surface area contributed by atoms with Gasteiger partial charge in [0.05, 0.1) is 11.1 Å². The van der Waals surface area contributed by atoms with E-state index < -0.39 is 11.9 Å². The average Bonchev–Trinajstić information content (AvgIpc) is 2.49. The van der Waals surface area contributed by atoms with Crippen molar-refractivity contribution in [3.05, 3.63) is 58.1 Å². The topological polar surface area (TPSA) is 74.6 Å². The second kappa shape index (κ2) is 6.20. The molecule has 22 heavy (non-hydrogen) atoms. The lowest BCUT2D eigenvalue weighted by atomic mass is 9.85. The minimum atomic E-state index is -1.18. The Morgan fingerprint density at radius 2 is 1.50 bits per heavy atom. The van der Waals surface area contributed by atoms with Crippen LogP contribution in [0.1, 0.15) is 37.4 Å². The smallest absolute Gasteiger partial charge is 0.336 e. The molecular weight excluding hydrogens is 304 g/mol. The summed E-state index contributed by atoms with van der Waals surface area (Å²) in [6.07, 6.45) is 0. The quantitative estimate of drug-likeness (QED) is 0.832. The molecular formula is C17H15ClO4. The summed E-state index contributed by atoms with van der Waals surface area (Å²) in [5.41, 5.74) is 2.49. The first-order valence-electron chi connectivity index (χ1n) is 6.64. The molecule has 0 radical (unpaired) electrons. The largest absolute Gasteiger partial charge is 0.478 e. The highest BCUT2D eigenvalue weighted by molar-refractivity contribution is 6.19. The summed E-state index contributed by atoms with van der Waals surface area (Å²) < 4.78 is 0. The molecule has 2 N–H and O–H groups in total. The number of rotatable bonds is 4. The van der Waals surface area contributed by atoms with Crippen molar-refractivity contribution in [2.45, 2.75) is 19.7 Å². The summed E-state index contributed by atoms with van der Waals surface area (Å²) in [4.78, 5) is 23.3. The van der Waals surface area contributed by atoms with Crippen molar-refractivity contribution in [2.75, 3.05) is 0 Å². The molecule has 0 bridgehead atoms. The Labute approximate surface area is 133 Å². The molecule has 0 heterocycles. The molecule has 0 fully saturated rings. The molecule has 0 atom stereocenters. The number of halogens is 1. The molecule has 2 aromatic rings. The van der Waals surface area contributed by atoms with Gasteiger partial charge in [0.25, 0.3) is 0 Å². The third kappa shape index (κ3) is 2.57. The fourth-order valence-corrected chi connectivity index (χ4v) is 2.96. The van der Waals surface area contributed by atoms with E-state index in [1.165, 1.54) is 0 Å². The van der Waals surface area contributed by atoms with E-state index in [1.807, 2.05) is 6.07 Å². The fourth-order valence-electron chi connectivity index (χ4n) is 2.69. The van der Waals surface area contributed by atoms with Gasteiger partial charge in [-0.3, -0.25) is 0 Å². The summed E-state index contributed by atoms with van der Waals surface area (Å²) in [7, 11) is 0. The Hall–Kier alpha value is -2.33. The molecule has 114 valence electrons. The summed E-state index contributed by atoms with van der Waals surface area (Å²) in [6, 6.07) is 9.04. The molecule has 2 rings (SSSR count). The first-order chi connectivity index (χ1) is 10.4. The van der Waals surface area contributed by atoms with E-state index in [1.54, 1.807) is 38.1 Å². The molecule has 0 unspecified atom stereocenters. The lowest BCUT2D eigenvalue weighted by molar-refractivity contribution is 0.0695. The lowest BCUT2D eigenvalue weighted by Crippen LogP contribution is -2.15. The first-order valence-corrected chi connectivity index (χ1v) is 7.17. The van der Waals surface area contributed by atoms with Gasteiger partial charge in [-0.2, -0.15) is 0 Å². The Bertz CT molecular complexity index is 751. The van der Waals surface area contributed by atoms with Gasteiger partial charge < -0.3 is 10.2 Å². The fraction of sp³-hybridized carbons (Fsp3) is 0.176. The molecule has 2 aromatic carbocycles. The highest BCUT2D eigenvalue weighted by atomic mass is 35.5. The number of benzene rings is 2. The van der Waals surface area contributed by atoms with Crippen molar-refractivity contribution in [1.82, 2.24) is 0 Å². The monoisotopic (exact) mass is 318 g/mol. The van der Waals surface area contributed by atoms with Crippen LogP contribution in [-0.4, -0.2) is 22.2 Å². The van der Waals surface area contributed by atoms with E-state index in [9.17, 15) is 19.8 Å². The highest BCUT2D eigenvalue weighted by Crippen LogP contribution is 2.36. The van der Waals surface area contributed by atoms with Crippen LogP contribution in [0.3, 0.4) is 0 Å². The number of hydrogen-bond donors (Lipinski definition) is 2. The molecule has 5 heteroatoms. The third-order valence-corrected chi connectivity index (χ3v) is 4.06. The van der Waals surface area contributed by atoms with Crippen LogP contribution in [0.15, 0.2) is 30.3 Å². The predicted molar refractivity (Wildman–Crippen MR) is 84.8 cm³/mol. The zero-order valence-electron chi connectivity index (χ0n) is 12.2. The number of aromatic carboxylic acids is 2. The van der Waals surface area contributed by atoms with Gasteiger partial charge in [0.15, 0.2) is 0 Å². The summed E-state index contributed by atoms with van der Waals surface area (Å²) >= 11 is 5.88. The van der Waals surface area contributed by atoms with Gasteiger partial charge in [0, 0.05) is 5.88 Å². The van der Waals surface area contributed by atoms with E-state index in [-0.39, 0.29) is 22.6 Å². The predicted octanol–water partition coefficient (Wildman–Crippen LogP) is 4.11. The van der Waals surface area contributed by atoms with Crippen LogP contribution in [-0.2, 0) is 5.88 Å². The Balaban J connectivity index is 2.99. The minimum absolute atomic E-state index is 0.0235. The molecule has 0 saturated heterocycles. The number of carboxylic acid groups (broad SMARTS) is 2. The van der Waals surface area contributed by atoms with Crippen LogP contribution in [0.2, 0.25) is 0 Å². The van der Waals surface area contributed by atoms with Gasteiger partial charge in [0.2, 0.25) is 0 Å². The van der Waals surface area contributed by atoms with Crippen LogP contribution in [0.5, 0.6) is 0 Å². The van der Waals surface area contributed by atoms with Crippen LogP contribution < -0.4 is 0 Å². The minimum Gasteiger partial charge on any atom is -0.478 e. The van der Waals surface area contributed by atoms with Gasteiger partial charge in [-0.25, -0.2) is 9.59 Å². The number of carboxylic acids is 2. The third-order valence-electron chi connectivity index (χ3n) is 3.79. The number of carbonyl (C=O) groups is 2. The van der Waals surface area contributed by atoms with E-state index in [4.69, 9.17) is 11.6 Å². The van der Waals surface area contributed by atoms with Crippen molar-refractivity contribution >= 4 is 23.5 Å². The van der Waals surface area contributed by atoms with Crippen molar-refractivity contribution in [2.24, 2.45) is 0 Å². The average molecular weight is 319 g/mol. The van der Waals surface area contributed by atoms with E-state index in [0.717, 1.165) is 5.56 Å². The van der Waals surface area contributed by atoms with Crippen LogP contribution >= 0.6 is 11.6 Å². The van der Waals surface area contributed by atoms with Crippen LogP contribution in [0.25, 0.3) is 11.1 Å². The number of hydrogen-bond acceptors (Lipinski definition) is 2.